The number of amides is 1. The third kappa shape index (κ3) is 4.33. The van der Waals surface area contributed by atoms with Gasteiger partial charge in [-0.3, -0.25) is 4.79 Å². The van der Waals surface area contributed by atoms with Gasteiger partial charge in [0.05, 0.1) is 28.6 Å². The van der Waals surface area contributed by atoms with Gasteiger partial charge in [0.25, 0.3) is 0 Å². The summed E-state index contributed by atoms with van der Waals surface area (Å²) in [7, 11) is 2.12. The standard InChI is InChI=1S/C25H33N5O4S/c1-16-25(31)29(3)21-8-10-23(27-24(21)30(16)17-11-13-28(2)14-12-17)26-20-15-19(7-9-22(20)34-4)35(32,33)18-5-6-18/h7-10,15-18H,5-6,11-14H2,1-4H3,(H,26,27)/t16-/m1/s1. The highest BCUT2D eigenvalue weighted by Gasteiger charge is 2.40. The summed E-state index contributed by atoms with van der Waals surface area (Å²) in [6.07, 6.45) is 3.35. The van der Waals surface area contributed by atoms with Crippen molar-refractivity contribution in [3.8, 4) is 5.75 Å². The number of carbonyl (C=O) groups is 1. The first-order valence-corrected chi connectivity index (χ1v) is 13.7. The van der Waals surface area contributed by atoms with E-state index < -0.39 is 9.84 Å². The molecule has 10 heteroatoms. The number of carbonyl (C=O) groups excluding carboxylic acids is 1. The van der Waals surface area contributed by atoms with Crippen molar-refractivity contribution in [3.63, 3.8) is 0 Å². The topological polar surface area (TPSA) is 95.1 Å². The van der Waals surface area contributed by atoms with Crippen LogP contribution in [0.25, 0.3) is 0 Å². The molecule has 2 aromatic rings. The first-order valence-electron chi connectivity index (χ1n) is 12.1. The Morgan fingerprint density at radius 2 is 1.77 bits per heavy atom. The molecule has 1 N–H and O–H groups in total. The van der Waals surface area contributed by atoms with E-state index in [4.69, 9.17) is 9.72 Å². The smallest absolute Gasteiger partial charge is 0.249 e. The molecule has 0 spiro atoms. The van der Waals surface area contributed by atoms with E-state index in [0.29, 0.717) is 30.1 Å². The molecule has 2 fully saturated rings. The van der Waals surface area contributed by atoms with Gasteiger partial charge in [-0.1, -0.05) is 0 Å². The van der Waals surface area contributed by atoms with Gasteiger partial charge < -0.3 is 24.8 Å². The monoisotopic (exact) mass is 499 g/mol. The molecule has 3 aliphatic rings. The van der Waals surface area contributed by atoms with Crippen LogP contribution in [-0.4, -0.2) is 75.8 Å². The lowest BCUT2D eigenvalue weighted by Gasteiger charge is -2.45. The van der Waals surface area contributed by atoms with Crippen molar-refractivity contribution < 1.29 is 17.9 Å². The second-order valence-electron chi connectivity index (χ2n) is 9.79. The van der Waals surface area contributed by atoms with Gasteiger partial charge >= 0.3 is 0 Å². The number of nitrogens with zero attached hydrogens (tertiary/aromatic N) is 4. The molecule has 5 rings (SSSR count). The molecule has 0 bridgehead atoms. The lowest BCUT2D eigenvalue weighted by atomic mass is 9.99. The number of likely N-dealkylation sites (N-methyl/N-ethyl adjacent to an activating group) is 1. The molecule has 1 saturated carbocycles. The molecule has 1 amide bonds. The number of fused-ring (bicyclic) bond motifs is 1. The highest BCUT2D eigenvalue weighted by Crippen LogP contribution is 2.40. The van der Waals surface area contributed by atoms with Crippen molar-refractivity contribution in [2.45, 2.75) is 54.8 Å². The average Bonchev–Trinajstić information content (AvgIpc) is 3.70. The maximum absolute atomic E-state index is 13.0. The number of ether oxygens (including phenoxy) is 1. The fourth-order valence-corrected chi connectivity index (χ4v) is 6.78. The van der Waals surface area contributed by atoms with E-state index in [0.717, 1.165) is 37.4 Å². The van der Waals surface area contributed by atoms with E-state index in [1.165, 1.54) is 0 Å². The van der Waals surface area contributed by atoms with Gasteiger partial charge in [-0.15, -0.1) is 0 Å². The molecular weight excluding hydrogens is 466 g/mol. The predicted octanol–water partition coefficient (Wildman–Crippen LogP) is 3.04. The molecule has 2 aliphatic heterocycles. The summed E-state index contributed by atoms with van der Waals surface area (Å²) in [4.78, 5) is 24.4. The number of likely N-dealkylation sites (tertiary alicyclic amines) is 1. The fraction of sp³-hybridized carbons (Fsp3) is 0.520. The normalized spacial score (nSPS) is 21.7. The van der Waals surface area contributed by atoms with Crippen molar-refractivity contribution in [3.05, 3.63) is 30.3 Å². The second-order valence-corrected chi connectivity index (χ2v) is 12.0. The van der Waals surface area contributed by atoms with Gasteiger partial charge in [-0.2, -0.15) is 0 Å². The highest BCUT2D eigenvalue weighted by atomic mass is 32.2. The summed E-state index contributed by atoms with van der Waals surface area (Å²) >= 11 is 0. The van der Waals surface area contributed by atoms with Gasteiger partial charge in [0, 0.05) is 13.1 Å². The number of pyridine rings is 1. The maximum atomic E-state index is 13.0. The van der Waals surface area contributed by atoms with Crippen molar-refractivity contribution in [1.29, 1.82) is 0 Å². The zero-order valence-electron chi connectivity index (χ0n) is 20.7. The van der Waals surface area contributed by atoms with Crippen LogP contribution in [0.5, 0.6) is 5.75 Å². The van der Waals surface area contributed by atoms with Crippen LogP contribution in [0.4, 0.5) is 23.0 Å². The van der Waals surface area contributed by atoms with E-state index in [1.807, 2.05) is 19.1 Å². The number of rotatable bonds is 6. The lowest BCUT2D eigenvalue weighted by Crippen LogP contribution is -2.57. The molecule has 0 unspecified atom stereocenters. The van der Waals surface area contributed by atoms with Gasteiger partial charge in [-0.05, 0) is 83.1 Å². The Hall–Kier alpha value is -2.85. The van der Waals surface area contributed by atoms with Crippen LogP contribution in [0.15, 0.2) is 35.2 Å². The van der Waals surface area contributed by atoms with Crippen LogP contribution in [0.3, 0.4) is 0 Å². The minimum atomic E-state index is -3.34. The molecule has 1 atom stereocenters. The van der Waals surface area contributed by atoms with Crippen LogP contribution in [0, 0.1) is 0 Å². The predicted molar refractivity (Wildman–Crippen MR) is 137 cm³/mol. The van der Waals surface area contributed by atoms with Crippen molar-refractivity contribution in [2.75, 3.05) is 49.4 Å². The van der Waals surface area contributed by atoms with E-state index >= 15 is 0 Å². The lowest BCUT2D eigenvalue weighted by molar-refractivity contribution is -0.119. The molecule has 3 heterocycles. The largest absolute Gasteiger partial charge is 0.495 e. The summed E-state index contributed by atoms with van der Waals surface area (Å²) in [6, 6.07) is 8.52. The number of hydrogen-bond donors (Lipinski definition) is 1. The summed E-state index contributed by atoms with van der Waals surface area (Å²) in [6.45, 7) is 3.90. The molecule has 0 radical (unpaired) electrons. The number of nitrogens with one attached hydrogen (secondary N) is 1. The fourth-order valence-electron chi connectivity index (χ4n) is 5.10. The summed E-state index contributed by atoms with van der Waals surface area (Å²) in [5.74, 6) is 1.92. The quantitative estimate of drug-likeness (QED) is 0.648. The molecule has 9 nitrogen and oxygen atoms in total. The third-order valence-electron chi connectivity index (χ3n) is 7.37. The van der Waals surface area contributed by atoms with E-state index in [-0.39, 0.29) is 28.1 Å². The van der Waals surface area contributed by atoms with Crippen LogP contribution >= 0.6 is 0 Å². The SMILES string of the molecule is COc1ccc(S(=O)(=O)C2CC2)cc1Nc1ccc2c(n1)N(C1CCN(C)CC1)[C@H](C)C(=O)N2C. The van der Waals surface area contributed by atoms with Crippen LogP contribution in [0.2, 0.25) is 0 Å². The van der Waals surface area contributed by atoms with Gasteiger partial charge in [-0.25, -0.2) is 13.4 Å². The highest BCUT2D eigenvalue weighted by molar-refractivity contribution is 7.92. The zero-order valence-corrected chi connectivity index (χ0v) is 21.5. The Morgan fingerprint density at radius 1 is 1.06 bits per heavy atom. The minimum Gasteiger partial charge on any atom is -0.495 e. The first-order chi connectivity index (χ1) is 16.7. The molecule has 1 aliphatic carbocycles. The van der Waals surface area contributed by atoms with Gasteiger partial charge in [0.15, 0.2) is 15.7 Å². The number of methoxy groups -OCH3 is 1. The Balaban J connectivity index is 1.51. The van der Waals surface area contributed by atoms with E-state index in [1.54, 1.807) is 37.3 Å². The average molecular weight is 500 g/mol. The molecule has 35 heavy (non-hydrogen) atoms. The number of aromatic nitrogens is 1. The number of anilines is 4. The maximum Gasteiger partial charge on any atom is 0.249 e. The molecule has 1 aromatic heterocycles. The Morgan fingerprint density at radius 3 is 2.43 bits per heavy atom. The number of hydrogen-bond acceptors (Lipinski definition) is 8. The third-order valence-corrected chi connectivity index (χ3v) is 9.63. The number of piperidine rings is 1. The van der Waals surface area contributed by atoms with E-state index in [2.05, 4.69) is 22.2 Å². The molecule has 188 valence electrons. The van der Waals surface area contributed by atoms with Gasteiger partial charge in [0.1, 0.15) is 17.6 Å². The first kappa shape index (κ1) is 23.9. The number of benzene rings is 1. The summed E-state index contributed by atoms with van der Waals surface area (Å²) in [5, 5.41) is 2.99. The van der Waals surface area contributed by atoms with Crippen molar-refractivity contribution in [1.82, 2.24) is 9.88 Å². The Labute approximate surface area is 207 Å². The Bertz CT molecular complexity index is 1240. The number of sulfone groups is 1. The molecule has 1 saturated heterocycles. The molecular formula is C25H33N5O4S. The van der Waals surface area contributed by atoms with Crippen molar-refractivity contribution >= 4 is 38.8 Å². The van der Waals surface area contributed by atoms with E-state index in [9.17, 15) is 13.2 Å². The summed E-state index contributed by atoms with van der Waals surface area (Å²) < 4.78 is 31.1. The molecule has 1 aromatic carbocycles. The Kier molecular flexibility index (Phi) is 6.13. The minimum absolute atomic E-state index is 0.0543. The second kappa shape index (κ2) is 8.98. The van der Waals surface area contributed by atoms with Gasteiger partial charge in [0.2, 0.25) is 5.91 Å². The zero-order chi connectivity index (χ0) is 24.9. The van der Waals surface area contributed by atoms with Crippen LogP contribution < -0.4 is 19.9 Å². The van der Waals surface area contributed by atoms with Crippen molar-refractivity contribution in [2.24, 2.45) is 0 Å². The summed E-state index contributed by atoms with van der Waals surface area (Å²) in [5.41, 5.74) is 1.32. The van der Waals surface area contributed by atoms with Crippen LogP contribution in [-0.2, 0) is 14.6 Å². The van der Waals surface area contributed by atoms with Crippen LogP contribution in [0.1, 0.15) is 32.6 Å².